The molecule has 0 bridgehead atoms. The largest absolute Gasteiger partial charge is 0.497 e. The molecule has 5 heteroatoms. The third kappa shape index (κ3) is 5.20. The first kappa shape index (κ1) is 23.3. The smallest absolute Gasteiger partial charge is 0.330 e. The van der Waals surface area contributed by atoms with E-state index in [-0.39, 0.29) is 17.9 Å². The third-order valence-electron chi connectivity index (χ3n) is 6.28. The summed E-state index contributed by atoms with van der Waals surface area (Å²) in [6, 6.07) is 26.0. The lowest BCUT2D eigenvalue weighted by atomic mass is 9.78. The molecule has 0 saturated carbocycles. The average molecular weight is 456 g/mol. The fourth-order valence-electron chi connectivity index (χ4n) is 4.45. The number of methoxy groups -OCH3 is 2. The number of anilines is 1. The number of hydrogen-bond donors (Lipinski definition) is 0. The van der Waals surface area contributed by atoms with Gasteiger partial charge in [-0.1, -0.05) is 54.6 Å². The van der Waals surface area contributed by atoms with Crippen LogP contribution >= 0.6 is 0 Å². The summed E-state index contributed by atoms with van der Waals surface area (Å²) in [5.41, 5.74) is 4.14. The van der Waals surface area contributed by atoms with Crippen molar-refractivity contribution in [1.82, 2.24) is 0 Å². The van der Waals surface area contributed by atoms with E-state index in [1.54, 1.807) is 13.2 Å². The number of benzene rings is 3. The van der Waals surface area contributed by atoms with Crippen LogP contribution in [-0.4, -0.2) is 26.1 Å². The number of carbonyl (C=O) groups excluding carboxylic acids is 2. The number of carbonyl (C=O) groups is 2. The molecule has 2 atom stereocenters. The second-order valence-electron chi connectivity index (χ2n) is 8.36. The number of β-lactam (4-membered cyclic amide) rings is 1. The minimum Gasteiger partial charge on any atom is -0.497 e. The predicted octanol–water partition coefficient (Wildman–Crippen LogP) is 5.61. The molecule has 34 heavy (non-hydrogen) atoms. The lowest BCUT2D eigenvalue weighted by Crippen LogP contribution is -2.55. The summed E-state index contributed by atoms with van der Waals surface area (Å²) >= 11 is 0. The van der Waals surface area contributed by atoms with Crippen molar-refractivity contribution in [3.63, 3.8) is 0 Å². The van der Waals surface area contributed by atoms with Crippen LogP contribution in [0.25, 0.3) is 6.08 Å². The van der Waals surface area contributed by atoms with E-state index in [9.17, 15) is 9.59 Å². The zero-order chi connectivity index (χ0) is 23.9. The fourth-order valence-corrected chi connectivity index (χ4v) is 4.45. The van der Waals surface area contributed by atoms with Crippen molar-refractivity contribution >= 4 is 23.6 Å². The van der Waals surface area contributed by atoms with E-state index >= 15 is 0 Å². The molecule has 3 aromatic carbocycles. The second kappa shape index (κ2) is 10.8. The summed E-state index contributed by atoms with van der Waals surface area (Å²) in [5.74, 6) is 0.451. The minimum absolute atomic E-state index is 0.0321. The number of esters is 1. The molecule has 0 unspecified atom stereocenters. The molecule has 1 fully saturated rings. The average Bonchev–Trinajstić information content (AvgIpc) is 2.89. The van der Waals surface area contributed by atoms with E-state index in [2.05, 4.69) is 16.9 Å². The van der Waals surface area contributed by atoms with Crippen LogP contribution in [0.4, 0.5) is 5.69 Å². The Bertz CT molecular complexity index is 1140. The Balaban J connectivity index is 1.54. The number of nitrogens with zero attached hydrogens (tertiary/aromatic N) is 1. The highest BCUT2D eigenvalue weighted by Crippen LogP contribution is 2.46. The van der Waals surface area contributed by atoms with Gasteiger partial charge >= 0.3 is 5.97 Å². The van der Waals surface area contributed by atoms with E-state index in [0.29, 0.717) is 0 Å². The normalized spacial score (nSPS) is 17.5. The molecule has 0 N–H and O–H groups in total. The summed E-state index contributed by atoms with van der Waals surface area (Å²) in [6.07, 6.45) is 5.86. The van der Waals surface area contributed by atoms with E-state index in [0.717, 1.165) is 41.8 Å². The monoisotopic (exact) mass is 455 g/mol. The van der Waals surface area contributed by atoms with Gasteiger partial charge in [0.05, 0.1) is 26.2 Å². The van der Waals surface area contributed by atoms with Gasteiger partial charge in [0.15, 0.2) is 0 Å². The van der Waals surface area contributed by atoms with Crippen molar-refractivity contribution in [2.75, 3.05) is 19.1 Å². The van der Waals surface area contributed by atoms with Gasteiger partial charge in [0.25, 0.3) is 0 Å². The Hall–Kier alpha value is -3.86. The van der Waals surface area contributed by atoms with Gasteiger partial charge in [0, 0.05) is 11.8 Å². The van der Waals surface area contributed by atoms with Crippen molar-refractivity contribution in [1.29, 1.82) is 0 Å². The number of amides is 1. The van der Waals surface area contributed by atoms with Gasteiger partial charge in [-0.25, -0.2) is 4.79 Å². The van der Waals surface area contributed by atoms with E-state index in [1.165, 1.54) is 18.7 Å². The van der Waals surface area contributed by atoms with E-state index in [1.807, 2.05) is 71.6 Å². The molecule has 1 aliphatic heterocycles. The zero-order valence-corrected chi connectivity index (χ0v) is 19.5. The molecule has 174 valence electrons. The van der Waals surface area contributed by atoms with Gasteiger partial charge in [-0.2, -0.15) is 0 Å². The predicted molar refractivity (Wildman–Crippen MR) is 134 cm³/mol. The topological polar surface area (TPSA) is 55.8 Å². The quantitative estimate of drug-likeness (QED) is 0.239. The van der Waals surface area contributed by atoms with Crippen LogP contribution in [0.15, 0.2) is 84.9 Å². The maximum atomic E-state index is 13.3. The second-order valence-corrected chi connectivity index (χ2v) is 8.36. The SMILES string of the molecule is COC(=O)/C=C/c1ccc([C@@H]2[C@@H](CCCc3ccccc3)C(=O)N2c2ccc(OC)cc2)cc1. The Labute approximate surface area is 200 Å². The van der Waals surface area contributed by atoms with Crippen LogP contribution in [0.1, 0.15) is 35.6 Å². The van der Waals surface area contributed by atoms with Crippen molar-refractivity contribution in [3.8, 4) is 5.75 Å². The van der Waals surface area contributed by atoms with Crippen molar-refractivity contribution in [2.45, 2.75) is 25.3 Å². The summed E-state index contributed by atoms with van der Waals surface area (Å²) in [6.45, 7) is 0. The molecule has 1 saturated heterocycles. The molecule has 0 aromatic heterocycles. The number of rotatable bonds is 9. The highest BCUT2D eigenvalue weighted by Gasteiger charge is 2.48. The van der Waals surface area contributed by atoms with E-state index in [4.69, 9.17) is 4.74 Å². The van der Waals surface area contributed by atoms with Crippen molar-refractivity contribution in [2.24, 2.45) is 5.92 Å². The molecule has 1 aliphatic rings. The first-order valence-electron chi connectivity index (χ1n) is 11.5. The fraction of sp³-hybridized carbons (Fsp3) is 0.241. The molecule has 5 nitrogen and oxygen atoms in total. The van der Waals surface area contributed by atoms with Crippen LogP contribution < -0.4 is 9.64 Å². The summed E-state index contributed by atoms with van der Waals surface area (Å²) in [4.78, 5) is 26.5. The van der Waals surface area contributed by atoms with Crippen LogP contribution in [-0.2, 0) is 20.7 Å². The van der Waals surface area contributed by atoms with Crippen LogP contribution in [0.5, 0.6) is 5.75 Å². The maximum Gasteiger partial charge on any atom is 0.330 e. The summed E-state index contributed by atoms with van der Waals surface area (Å²) < 4.78 is 9.93. The van der Waals surface area contributed by atoms with Crippen LogP contribution in [0.2, 0.25) is 0 Å². The maximum absolute atomic E-state index is 13.3. The number of ether oxygens (including phenoxy) is 2. The first-order valence-corrected chi connectivity index (χ1v) is 11.5. The molecule has 1 amide bonds. The van der Waals surface area contributed by atoms with Gasteiger partial charge < -0.3 is 14.4 Å². The standard InChI is InChI=1S/C29H29NO4/c1-33-25-18-16-24(17-19-25)30-28(23-14-11-22(12-15-23)13-20-27(31)34-2)26(29(30)32)10-6-9-21-7-4-3-5-8-21/h3-5,7-8,11-20,26,28H,6,9-10H2,1-2H3/b20-13+/t26-,28-/m1/s1. The molecule has 3 aromatic rings. The highest BCUT2D eigenvalue weighted by molar-refractivity contribution is 6.03. The molecule has 0 radical (unpaired) electrons. The van der Waals surface area contributed by atoms with Crippen LogP contribution in [0, 0.1) is 5.92 Å². The van der Waals surface area contributed by atoms with E-state index < -0.39 is 5.97 Å². The zero-order valence-electron chi connectivity index (χ0n) is 19.5. The number of aryl methyl sites for hydroxylation is 1. The molecular weight excluding hydrogens is 426 g/mol. The lowest BCUT2D eigenvalue weighted by molar-refractivity contribution is -0.134. The van der Waals surface area contributed by atoms with Gasteiger partial charge in [0.2, 0.25) is 5.91 Å². The molecule has 0 aliphatic carbocycles. The van der Waals surface area contributed by atoms with Gasteiger partial charge in [0.1, 0.15) is 5.75 Å². The van der Waals surface area contributed by atoms with Crippen molar-refractivity contribution < 1.29 is 19.1 Å². The lowest BCUT2D eigenvalue weighted by Gasteiger charge is -2.47. The highest BCUT2D eigenvalue weighted by atomic mass is 16.5. The van der Waals surface area contributed by atoms with Gasteiger partial charge in [-0.15, -0.1) is 0 Å². The molecule has 0 spiro atoms. The summed E-state index contributed by atoms with van der Waals surface area (Å²) in [7, 11) is 2.99. The minimum atomic E-state index is -0.391. The summed E-state index contributed by atoms with van der Waals surface area (Å²) in [5, 5.41) is 0. The Kier molecular flexibility index (Phi) is 7.43. The molecule has 4 rings (SSSR count). The molecule has 1 heterocycles. The first-order chi connectivity index (χ1) is 16.6. The Morgan fingerprint density at radius 1 is 0.941 bits per heavy atom. The van der Waals surface area contributed by atoms with Gasteiger partial charge in [-0.3, -0.25) is 4.79 Å². The third-order valence-corrected chi connectivity index (χ3v) is 6.28. The Morgan fingerprint density at radius 2 is 1.65 bits per heavy atom. The van der Waals surface area contributed by atoms with Crippen LogP contribution in [0.3, 0.4) is 0 Å². The molecular formula is C29H29NO4. The van der Waals surface area contributed by atoms with Crippen molar-refractivity contribution in [3.05, 3.63) is 102 Å². The Morgan fingerprint density at radius 3 is 2.29 bits per heavy atom. The van der Waals surface area contributed by atoms with Gasteiger partial charge in [-0.05, 0) is 66.3 Å². The number of hydrogen-bond acceptors (Lipinski definition) is 4.